The van der Waals surface area contributed by atoms with Gasteiger partial charge in [-0.05, 0) is 17.7 Å². The SMILES string of the molecule is O=C(/C=C/c1cn(Cc2ccccc2)nn1)NCc1cc([N+](=O)[O-])ccc1O. The van der Waals surface area contributed by atoms with Crippen LogP contribution in [0.1, 0.15) is 16.8 Å². The molecular formula is C19H17N5O4. The van der Waals surface area contributed by atoms with Crippen LogP contribution in [-0.2, 0) is 17.9 Å². The smallest absolute Gasteiger partial charge is 0.270 e. The van der Waals surface area contributed by atoms with E-state index in [-0.39, 0.29) is 23.5 Å². The highest BCUT2D eigenvalue weighted by Crippen LogP contribution is 2.22. The highest BCUT2D eigenvalue weighted by molar-refractivity contribution is 5.91. The van der Waals surface area contributed by atoms with E-state index in [0.29, 0.717) is 12.2 Å². The van der Waals surface area contributed by atoms with Gasteiger partial charge in [0.15, 0.2) is 0 Å². The van der Waals surface area contributed by atoms with E-state index in [4.69, 9.17) is 0 Å². The van der Waals surface area contributed by atoms with Crippen LogP contribution in [0.4, 0.5) is 5.69 Å². The highest BCUT2D eigenvalue weighted by atomic mass is 16.6. The van der Waals surface area contributed by atoms with E-state index in [1.165, 1.54) is 30.4 Å². The maximum absolute atomic E-state index is 11.9. The maximum atomic E-state index is 11.9. The Labute approximate surface area is 160 Å². The molecule has 0 aliphatic rings. The quantitative estimate of drug-likeness (QED) is 0.369. The number of hydrogen-bond donors (Lipinski definition) is 2. The second-order valence-electron chi connectivity index (χ2n) is 5.95. The Balaban J connectivity index is 1.56. The van der Waals surface area contributed by atoms with E-state index in [2.05, 4.69) is 15.6 Å². The molecule has 9 heteroatoms. The Hall–Kier alpha value is -4.01. The molecule has 0 fully saturated rings. The number of aromatic hydroxyl groups is 1. The summed E-state index contributed by atoms with van der Waals surface area (Å²) < 4.78 is 1.66. The molecule has 0 unspecified atom stereocenters. The van der Waals surface area contributed by atoms with Crippen LogP contribution < -0.4 is 5.32 Å². The lowest BCUT2D eigenvalue weighted by Gasteiger charge is -2.05. The number of nitrogens with zero attached hydrogens (tertiary/aromatic N) is 4. The Morgan fingerprint density at radius 2 is 2.04 bits per heavy atom. The maximum Gasteiger partial charge on any atom is 0.270 e. The zero-order valence-electron chi connectivity index (χ0n) is 14.7. The molecule has 0 saturated heterocycles. The molecule has 142 valence electrons. The molecule has 1 heterocycles. The molecule has 0 spiro atoms. The van der Waals surface area contributed by atoms with Gasteiger partial charge in [-0.3, -0.25) is 14.9 Å². The third-order valence-electron chi connectivity index (χ3n) is 3.88. The van der Waals surface area contributed by atoms with Gasteiger partial charge in [0.1, 0.15) is 11.4 Å². The summed E-state index contributed by atoms with van der Waals surface area (Å²) in [4.78, 5) is 22.2. The number of nitrogens with one attached hydrogen (secondary N) is 1. The van der Waals surface area contributed by atoms with Crippen LogP contribution in [0.3, 0.4) is 0 Å². The molecule has 1 aromatic heterocycles. The summed E-state index contributed by atoms with van der Waals surface area (Å²) in [5.41, 5.74) is 1.69. The zero-order chi connectivity index (χ0) is 19.9. The van der Waals surface area contributed by atoms with Crippen molar-refractivity contribution in [2.45, 2.75) is 13.1 Å². The fourth-order valence-corrected chi connectivity index (χ4v) is 2.47. The van der Waals surface area contributed by atoms with Crippen molar-refractivity contribution in [1.29, 1.82) is 0 Å². The highest BCUT2D eigenvalue weighted by Gasteiger charge is 2.10. The monoisotopic (exact) mass is 379 g/mol. The van der Waals surface area contributed by atoms with Crippen LogP contribution in [0, 0.1) is 10.1 Å². The van der Waals surface area contributed by atoms with Crippen molar-refractivity contribution in [3.63, 3.8) is 0 Å². The van der Waals surface area contributed by atoms with Crippen LogP contribution in [0.25, 0.3) is 6.08 Å². The van der Waals surface area contributed by atoms with Gasteiger partial charge in [0, 0.05) is 30.3 Å². The summed E-state index contributed by atoms with van der Waals surface area (Å²) in [6.07, 6.45) is 4.51. The number of phenolic OH excluding ortho intramolecular Hbond substituents is 1. The number of aromatic nitrogens is 3. The number of nitro benzene ring substituents is 1. The number of non-ortho nitro benzene ring substituents is 1. The van der Waals surface area contributed by atoms with E-state index in [1.54, 1.807) is 10.9 Å². The first-order valence-corrected chi connectivity index (χ1v) is 8.37. The molecule has 2 N–H and O–H groups in total. The van der Waals surface area contributed by atoms with Crippen LogP contribution in [0.2, 0.25) is 0 Å². The van der Waals surface area contributed by atoms with Crippen LogP contribution in [-0.4, -0.2) is 30.9 Å². The number of rotatable bonds is 7. The lowest BCUT2D eigenvalue weighted by Crippen LogP contribution is -2.20. The van der Waals surface area contributed by atoms with E-state index < -0.39 is 10.8 Å². The Kier molecular flexibility index (Phi) is 5.75. The van der Waals surface area contributed by atoms with E-state index in [9.17, 15) is 20.0 Å². The van der Waals surface area contributed by atoms with Gasteiger partial charge in [0.2, 0.25) is 5.91 Å². The minimum Gasteiger partial charge on any atom is -0.508 e. The predicted molar refractivity (Wildman–Crippen MR) is 101 cm³/mol. The number of benzene rings is 2. The van der Waals surface area contributed by atoms with Gasteiger partial charge >= 0.3 is 0 Å². The van der Waals surface area contributed by atoms with E-state index in [0.717, 1.165) is 5.56 Å². The minimum atomic E-state index is -0.566. The topological polar surface area (TPSA) is 123 Å². The van der Waals surface area contributed by atoms with Crippen molar-refractivity contribution in [3.8, 4) is 5.75 Å². The number of hydrogen-bond acceptors (Lipinski definition) is 6. The van der Waals surface area contributed by atoms with Gasteiger partial charge in [0.05, 0.1) is 17.7 Å². The molecule has 2 aromatic carbocycles. The first-order chi connectivity index (χ1) is 13.5. The summed E-state index contributed by atoms with van der Waals surface area (Å²) in [7, 11) is 0. The molecule has 0 radical (unpaired) electrons. The van der Waals surface area contributed by atoms with Crippen molar-refractivity contribution >= 4 is 17.7 Å². The molecule has 0 aliphatic carbocycles. The fraction of sp³-hybridized carbons (Fsp3) is 0.105. The summed E-state index contributed by atoms with van der Waals surface area (Å²) in [5.74, 6) is -0.553. The lowest BCUT2D eigenvalue weighted by molar-refractivity contribution is -0.384. The predicted octanol–water partition coefficient (Wildman–Crippen LogP) is 2.27. The molecule has 1 amide bonds. The van der Waals surface area contributed by atoms with Gasteiger partial charge in [-0.25, -0.2) is 4.68 Å². The zero-order valence-corrected chi connectivity index (χ0v) is 14.7. The first-order valence-electron chi connectivity index (χ1n) is 8.37. The minimum absolute atomic E-state index is 0.0443. The summed E-state index contributed by atoms with van der Waals surface area (Å²) in [5, 5.41) is 31.1. The van der Waals surface area contributed by atoms with Crippen LogP contribution in [0.5, 0.6) is 5.75 Å². The van der Waals surface area contributed by atoms with Crippen molar-refractivity contribution in [2.24, 2.45) is 0 Å². The third kappa shape index (κ3) is 5.01. The number of nitro groups is 1. The second-order valence-corrected chi connectivity index (χ2v) is 5.95. The lowest BCUT2D eigenvalue weighted by atomic mass is 10.1. The number of carbonyl (C=O) groups excluding carboxylic acids is 1. The molecule has 0 saturated carbocycles. The molecular weight excluding hydrogens is 362 g/mol. The van der Waals surface area contributed by atoms with Crippen LogP contribution >= 0.6 is 0 Å². The van der Waals surface area contributed by atoms with Gasteiger partial charge in [-0.2, -0.15) is 0 Å². The number of carbonyl (C=O) groups is 1. The standard InChI is InChI=1S/C19H17N5O4/c25-18-8-7-17(24(27)28)10-15(18)11-20-19(26)9-6-16-13-23(22-21-16)12-14-4-2-1-3-5-14/h1-10,13,25H,11-12H2,(H,20,26)/b9-6+. The van der Waals surface area contributed by atoms with Gasteiger partial charge < -0.3 is 10.4 Å². The van der Waals surface area contributed by atoms with Crippen LogP contribution in [0.15, 0.2) is 60.8 Å². The second kappa shape index (κ2) is 8.58. The molecule has 3 rings (SSSR count). The third-order valence-corrected chi connectivity index (χ3v) is 3.88. The van der Waals surface area contributed by atoms with Crippen molar-refractivity contribution in [1.82, 2.24) is 20.3 Å². The fourth-order valence-electron chi connectivity index (χ4n) is 2.47. The Morgan fingerprint density at radius 3 is 2.79 bits per heavy atom. The average molecular weight is 379 g/mol. The Bertz CT molecular complexity index is 1010. The average Bonchev–Trinajstić information content (AvgIpc) is 3.13. The summed E-state index contributed by atoms with van der Waals surface area (Å²) >= 11 is 0. The molecule has 28 heavy (non-hydrogen) atoms. The number of amides is 1. The molecule has 0 bridgehead atoms. The molecule has 3 aromatic rings. The van der Waals surface area contributed by atoms with Crippen molar-refractivity contribution < 1.29 is 14.8 Å². The number of phenols is 1. The van der Waals surface area contributed by atoms with Gasteiger partial charge in [-0.15, -0.1) is 5.10 Å². The largest absolute Gasteiger partial charge is 0.508 e. The molecule has 9 nitrogen and oxygen atoms in total. The normalized spacial score (nSPS) is 10.9. The summed E-state index contributed by atoms with van der Waals surface area (Å²) in [6, 6.07) is 13.4. The molecule has 0 aliphatic heterocycles. The van der Waals surface area contributed by atoms with Crippen molar-refractivity contribution in [2.75, 3.05) is 0 Å². The Morgan fingerprint density at radius 1 is 1.25 bits per heavy atom. The van der Waals surface area contributed by atoms with Gasteiger partial charge in [-0.1, -0.05) is 35.5 Å². The van der Waals surface area contributed by atoms with E-state index in [1.807, 2.05) is 30.3 Å². The van der Waals surface area contributed by atoms with Gasteiger partial charge in [0.25, 0.3) is 5.69 Å². The first kappa shape index (κ1) is 18.8. The van der Waals surface area contributed by atoms with Crippen molar-refractivity contribution in [3.05, 3.63) is 87.7 Å². The molecule has 0 atom stereocenters. The van der Waals surface area contributed by atoms with E-state index >= 15 is 0 Å². The summed E-state index contributed by atoms with van der Waals surface area (Å²) in [6.45, 7) is 0.525.